The average molecular weight is 760 g/mol. The van der Waals surface area contributed by atoms with Crippen LogP contribution in [0.4, 0.5) is 0 Å². The molecule has 17 atom stereocenters. The Hall–Kier alpha value is -1.87. The highest BCUT2D eigenvalue weighted by molar-refractivity contribution is 6.01. The smallest absolute Gasteiger partial charge is 0.340 e. The van der Waals surface area contributed by atoms with Gasteiger partial charge in [0, 0.05) is 56.8 Å². The van der Waals surface area contributed by atoms with E-state index < -0.39 is 103 Å². The summed E-state index contributed by atoms with van der Waals surface area (Å²) in [4.78, 5) is 32.2. The summed E-state index contributed by atoms with van der Waals surface area (Å²) in [6.07, 6.45) is -5.35. The van der Waals surface area contributed by atoms with Gasteiger partial charge in [0.15, 0.2) is 6.29 Å². The number of piperidine rings is 1. The number of unbranched alkanes of at least 4 members (excludes halogenated alkanes) is 1. The van der Waals surface area contributed by atoms with E-state index in [-0.39, 0.29) is 55.7 Å². The summed E-state index contributed by atoms with van der Waals surface area (Å²) in [5.41, 5.74) is 10.1. The van der Waals surface area contributed by atoms with E-state index >= 15 is 0 Å². The van der Waals surface area contributed by atoms with Crippen LogP contribution in [0.25, 0.3) is 0 Å². The number of aliphatic hydroxyl groups excluding tert-OH is 6. The number of rotatable bonds is 14. The van der Waals surface area contributed by atoms with Gasteiger partial charge in [-0.25, -0.2) is 0 Å². The van der Waals surface area contributed by atoms with Gasteiger partial charge in [-0.1, -0.05) is 6.42 Å². The van der Waals surface area contributed by atoms with Gasteiger partial charge in [0.25, 0.3) is 0 Å². The number of hydrogen-bond donors (Lipinski definition) is 12. The third-order valence-electron chi connectivity index (χ3n) is 13.3. The zero-order chi connectivity index (χ0) is 38.6. The lowest BCUT2D eigenvalue weighted by atomic mass is 9.51. The number of nitrogens with two attached hydrogens (primary N) is 3. The van der Waals surface area contributed by atoms with Crippen LogP contribution in [0.1, 0.15) is 57.8 Å². The van der Waals surface area contributed by atoms with Crippen molar-refractivity contribution in [2.45, 2.75) is 112 Å². The maximum atomic E-state index is 14.7. The second-order valence-corrected chi connectivity index (χ2v) is 16.2. The number of ether oxygens (including phenoxy) is 3. The van der Waals surface area contributed by atoms with E-state index in [1.54, 1.807) is 7.05 Å². The second kappa shape index (κ2) is 18.4. The van der Waals surface area contributed by atoms with Crippen molar-refractivity contribution in [3.05, 3.63) is 0 Å². The second-order valence-electron chi connectivity index (χ2n) is 16.2. The Bertz CT molecular complexity index is 1260. The first-order chi connectivity index (χ1) is 25.3. The Morgan fingerprint density at radius 2 is 1.74 bits per heavy atom. The lowest BCUT2D eigenvalue weighted by molar-refractivity contribution is -0.699. The summed E-state index contributed by atoms with van der Waals surface area (Å²) in [7, 11) is 3.08. The number of guanidine groups is 1. The van der Waals surface area contributed by atoms with Crippen molar-refractivity contribution in [1.82, 2.24) is 5.32 Å². The number of nitrogens with one attached hydrogen (secondary N) is 2. The van der Waals surface area contributed by atoms with Gasteiger partial charge in [-0.05, 0) is 50.4 Å². The first-order valence-electron chi connectivity index (χ1n) is 19.5. The Labute approximate surface area is 310 Å². The first kappa shape index (κ1) is 42.3. The number of Topliss-reactive ketones (excluding diaryl/α,β-unsaturated/α-hetero) is 2. The van der Waals surface area contributed by atoms with Crippen molar-refractivity contribution in [3.63, 3.8) is 0 Å². The van der Waals surface area contributed by atoms with Crippen LogP contribution in [-0.4, -0.2) is 155 Å². The highest BCUT2D eigenvalue weighted by Crippen LogP contribution is 2.53. The summed E-state index contributed by atoms with van der Waals surface area (Å²) < 4.78 is 18.1. The SMILES string of the molecule is C[NH+]=C(N)NCC1C(CCCCO)CC2C(=O)C3C(CO)C(OC)CC(OC4OC(CO)C(O)(CCC5CC[NH2+]C(N)C5)C(O)C4O)C3C(=O)C2C1O. The number of carbonyl (C=O) groups is 2. The van der Waals surface area contributed by atoms with Crippen LogP contribution in [0.2, 0.25) is 0 Å². The Morgan fingerprint density at radius 1 is 0.981 bits per heavy atom. The highest BCUT2D eigenvalue weighted by atomic mass is 16.7. The highest BCUT2D eigenvalue weighted by Gasteiger charge is 2.64. The number of ketones is 2. The molecule has 15 N–H and O–H groups in total. The van der Waals surface area contributed by atoms with Crippen LogP contribution in [0.15, 0.2) is 0 Å². The molecule has 5 rings (SSSR count). The van der Waals surface area contributed by atoms with E-state index in [9.17, 15) is 45.3 Å². The maximum absolute atomic E-state index is 14.7. The molecule has 17 nitrogen and oxygen atoms in total. The van der Waals surface area contributed by atoms with Crippen LogP contribution in [0, 0.1) is 47.3 Å². The Kier molecular flexibility index (Phi) is 14.7. The van der Waals surface area contributed by atoms with Gasteiger partial charge in [0.05, 0.1) is 56.9 Å². The summed E-state index contributed by atoms with van der Waals surface area (Å²) in [6.45, 7) is -0.0612. The minimum absolute atomic E-state index is 0.00718. The molecule has 17 heteroatoms. The summed E-state index contributed by atoms with van der Waals surface area (Å²) >= 11 is 0. The van der Waals surface area contributed by atoms with Gasteiger partial charge in [-0.15, -0.1) is 0 Å². The largest absolute Gasteiger partial charge is 0.396 e. The third kappa shape index (κ3) is 8.61. The van der Waals surface area contributed by atoms with Gasteiger partial charge >= 0.3 is 5.96 Å². The van der Waals surface area contributed by atoms with Crippen molar-refractivity contribution >= 4 is 17.5 Å². The molecular weight excluding hydrogens is 694 g/mol. The number of hydrogen-bond acceptors (Lipinski definition) is 13. The fraction of sp³-hybridized carbons (Fsp3) is 0.917. The Balaban J connectivity index is 1.40. The van der Waals surface area contributed by atoms with Crippen LogP contribution in [0.5, 0.6) is 0 Å². The van der Waals surface area contributed by atoms with Gasteiger partial charge in [-0.2, -0.15) is 0 Å². The molecule has 0 amide bonds. The molecule has 0 spiro atoms. The molecular formula is C36H65N5O12+2. The van der Waals surface area contributed by atoms with Crippen LogP contribution >= 0.6 is 0 Å². The summed E-state index contributed by atoms with van der Waals surface area (Å²) in [5.74, 6) is -5.66. The quantitative estimate of drug-likeness (QED) is 0.0446. The molecule has 0 radical (unpaired) electrons. The van der Waals surface area contributed by atoms with E-state index in [0.29, 0.717) is 32.1 Å². The topological polar surface area (TPSA) is 298 Å². The molecule has 3 saturated carbocycles. The van der Waals surface area contributed by atoms with Crippen LogP contribution < -0.4 is 27.1 Å². The minimum atomic E-state index is -2.01. The fourth-order valence-electron chi connectivity index (χ4n) is 10.3. The monoisotopic (exact) mass is 759 g/mol. The van der Waals surface area contributed by atoms with Crippen LogP contribution in [0.3, 0.4) is 0 Å². The van der Waals surface area contributed by atoms with Gasteiger partial charge in [0.1, 0.15) is 41.6 Å². The van der Waals surface area contributed by atoms with Gasteiger partial charge in [-0.3, -0.25) is 31.4 Å². The molecule has 3 aliphatic carbocycles. The van der Waals surface area contributed by atoms with E-state index in [1.807, 2.05) is 5.32 Å². The standard InChI is InChI=1S/C36H63N5O12/c1-39-35(38)41-14-20-18(5-3-4-10-42)12-19-27(30(20)46)31(47)28-23(13-22(51-2)21(15-43)26(28)29(19)45)52-34-32(48)33(49)36(50,24(16-44)53-34)8-6-17-7-9-40-25(37)11-17/h17-28,30,32-34,40,42-44,46,48-50H,3-16,37H2,1-2H3,(H3,38,39,41)/p+2. The van der Waals surface area contributed by atoms with Gasteiger partial charge < -0.3 is 55.3 Å². The van der Waals surface area contributed by atoms with Crippen molar-refractivity contribution in [2.24, 2.45) is 58.8 Å². The zero-order valence-electron chi connectivity index (χ0n) is 31.0. The molecule has 2 saturated heterocycles. The van der Waals surface area contributed by atoms with Crippen molar-refractivity contribution in [3.8, 4) is 0 Å². The third-order valence-corrected chi connectivity index (χ3v) is 13.3. The molecule has 2 aliphatic heterocycles. The first-order valence-corrected chi connectivity index (χ1v) is 19.5. The number of quaternary nitrogens is 1. The van der Waals surface area contributed by atoms with Gasteiger partial charge in [0.2, 0.25) is 0 Å². The molecule has 53 heavy (non-hydrogen) atoms. The predicted octanol–water partition coefficient (Wildman–Crippen LogP) is -6.00. The van der Waals surface area contributed by atoms with Crippen molar-refractivity contribution in [2.75, 3.05) is 47.1 Å². The summed E-state index contributed by atoms with van der Waals surface area (Å²) in [6, 6.07) is 0. The van der Waals surface area contributed by atoms with Crippen molar-refractivity contribution in [1.29, 1.82) is 0 Å². The molecule has 5 aliphatic rings. The van der Waals surface area contributed by atoms with Crippen LogP contribution in [-0.2, 0) is 23.8 Å². The molecule has 0 aromatic rings. The molecule has 2 heterocycles. The predicted molar refractivity (Wildman–Crippen MR) is 187 cm³/mol. The van der Waals surface area contributed by atoms with E-state index in [1.165, 1.54) is 7.11 Å². The fourth-order valence-corrected chi connectivity index (χ4v) is 10.3. The molecule has 0 bridgehead atoms. The maximum Gasteiger partial charge on any atom is 0.340 e. The normalized spacial score (nSPS) is 45.1. The Morgan fingerprint density at radius 3 is 2.38 bits per heavy atom. The molecule has 0 aromatic heterocycles. The average Bonchev–Trinajstić information content (AvgIpc) is 3.15. The lowest BCUT2D eigenvalue weighted by Gasteiger charge is -2.55. The number of carbonyl (C=O) groups excluding carboxylic acids is 2. The number of fused-ring (bicyclic) bond motifs is 2. The molecule has 304 valence electrons. The van der Waals surface area contributed by atoms with Crippen molar-refractivity contribution < 1.29 is 69.9 Å². The summed E-state index contributed by atoms with van der Waals surface area (Å²) in [5, 5.41) is 81.8. The lowest BCUT2D eigenvalue weighted by Crippen LogP contribution is -2.94. The minimum Gasteiger partial charge on any atom is -0.396 e. The molecule has 17 unspecified atom stereocenters. The zero-order valence-corrected chi connectivity index (χ0v) is 31.0. The molecule has 5 fully saturated rings. The van der Waals surface area contributed by atoms with E-state index in [0.717, 1.165) is 19.4 Å². The van der Waals surface area contributed by atoms with E-state index in [2.05, 4.69) is 10.3 Å². The molecule has 0 aromatic carbocycles. The number of methoxy groups -OCH3 is 1. The van der Waals surface area contributed by atoms with E-state index in [4.69, 9.17) is 25.7 Å². The number of aliphatic hydroxyl groups is 7.